The fraction of sp³-hybridized carbons (Fsp3) is 0.294. The second kappa shape index (κ2) is 4.97. The van der Waals surface area contributed by atoms with E-state index in [0.29, 0.717) is 5.56 Å². The molecule has 2 aromatic rings. The van der Waals surface area contributed by atoms with Gasteiger partial charge >= 0.3 is 0 Å². The van der Waals surface area contributed by atoms with Crippen molar-refractivity contribution < 1.29 is 4.79 Å². The van der Waals surface area contributed by atoms with E-state index in [1.807, 2.05) is 42.5 Å². The maximum atomic E-state index is 12.3. The smallest absolute Gasteiger partial charge is 0.252 e. The van der Waals surface area contributed by atoms with E-state index in [9.17, 15) is 10.1 Å². The number of rotatable bonds is 2. The molecule has 0 atom stereocenters. The van der Waals surface area contributed by atoms with Crippen LogP contribution in [0.15, 0.2) is 42.5 Å². The number of nitrogens with zero attached hydrogens (tertiary/aromatic N) is 1. The van der Waals surface area contributed by atoms with Gasteiger partial charge in [0.25, 0.3) is 5.91 Å². The van der Waals surface area contributed by atoms with Crippen LogP contribution in [0.4, 0.5) is 0 Å². The monoisotopic (exact) mass is 264 g/mol. The Kier molecular flexibility index (Phi) is 3.15. The summed E-state index contributed by atoms with van der Waals surface area (Å²) in [4.78, 5) is 12.3. The molecule has 0 saturated heterocycles. The van der Waals surface area contributed by atoms with Crippen LogP contribution in [0.25, 0.3) is 10.8 Å². The number of hydrogen-bond donors (Lipinski definition) is 1. The zero-order chi connectivity index (χ0) is 14.0. The van der Waals surface area contributed by atoms with Gasteiger partial charge in [-0.15, -0.1) is 0 Å². The highest BCUT2D eigenvalue weighted by atomic mass is 16.1. The van der Waals surface area contributed by atoms with Crippen LogP contribution in [0.5, 0.6) is 0 Å². The zero-order valence-corrected chi connectivity index (χ0v) is 11.2. The van der Waals surface area contributed by atoms with Gasteiger partial charge in [-0.1, -0.05) is 30.3 Å². The lowest BCUT2D eigenvalue weighted by Crippen LogP contribution is -2.45. The number of fused-ring (bicyclic) bond motifs is 1. The van der Waals surface area contributed by atoms with Crippen LogP contribution in [0, 0.1) is 11.3 Å². The van der Waals surface area contributed by atoms with Gasteiger partial charge in [0, 0.05) is 5.56 Å². The van der Waals surface area contributed by atoms with E-state index in [-0.39, 0.29) is 5.91 Å². The molecule has 1 amide bonds. The number of amides is 1. The Labute approximate surface area is 118 Å². The van der Waals surface area contributed by atoms with E-state index in [1.54, 1.807) is 0 Å². The third kappa shape index (κ3) is 2.25. The number of hydrogen-bond acceptors (Lipinski definition) is 2. The van der Waals surface area contributed by atoms with Crippen molar-refractivity contribution in [1.29, 1.82) is 5.26 Å². The molecule has 0 heterocycles. The van der Waals surface area contributed by atoms with Crippen molar-refractivity contribution in [2.75, 3.05) is 0 Å². The molecule has 1 N–H and O–H groups in total. The van der Waals surface area contributed by atoms with E-state index in [2.05, 4.69) is 11.4 Å². The molecule has 1 aliphatic carbocycles. The highest BCUT2D eigenvalue weighted by Gasteiger charge is 2.35. The molecule has 1 saturated carbocycles. The summed E-state index contributed by atoms with van der Waals surface area (Å²) in [6.45, 7) is 0. The molecule has 20 heavy (non-hydrogen) atoms. The lowest BCUT2D eigenvalue weighted by Gasteiger charge is -2.22. The molecule has 100 valence electrons. The van der Waals surface area contributed by atoms with Gasteiger partial charge in [0.2, 0.25) is 0 Å². The van der Waals surface area contributed by atoms with Crippen LogP contribution in [-0.4, -0.2) is 11.4 Å². The number of carbonyl (C=O) groups is 1. The van der Waals surface area contributed by atoms with Gasteiger partial charge in [-0.2, -0.15) is 5.26 Å². The van der Waals surface area contributed by atoms with E-state index in [0.717, 1.165) is 36.5 Å². The summed E-state index contributed by atoms with van der Waals surface area (Å²) >= 11 is 0. The maximum Gasteiger partial charge on any atom is 0.252 e. The normalized spacial score (nSPS) is 16.8. The topological polar surface area (TPSA) is 52.9 Å². The molecule has 0 aliphatic heterocycles. The second-order valence-electron chi connectivity index (χ2n) is 5.42. The number of nitriles is 1. The number of benzene rings is 2. The fourth-order valence-electron chi connectivity index (χ4n) is 2.86. The Morgan fingerprint density at radius 2 is 1.80 bits per heavy atom. The van der Waals surface area contributed by atoms with E-state index in [4.69, 9.17) is 0 Å². The minimum Gasteiger partial charge on any atom is -0.334 e. The number of carbonyl (C=O) groups excluding carboxylic acids is 1. The molecule has 0 aromatic heterocycles. The van der Waals surface area contributed by atoms with Crippen molar-refractivity contribution in [1.82, 2.24) is 5.32 Å². The van der Waals surface area contributed by atoms with Gasteiger partial charge in [0.05, 0.1) is 6.07 Å². The van der Waals surface area contributed by atoms with Crippen LogP contribution < -0.4 is 5.32 Å². The minimum absolute atomic E-state index is 0.154. The molecule has 1 aliphatic rings. The van der Waals surface area contributed by atoms with E-state index in [1.165, 1.54) is 0 Å². The summed E-state index contributed by atoms with van der Waals surface area (Å²) in [5, 5.41) is 14.4. The summed E-state index contributed by atoms with van der Waals surface area (Å²) in [5.74, 6) is -0.154. The first-order valence-electron chi connectivity index (χ1n) is 6.95. The first-order valence-corrected chi connectivity index (χ1v) is 6.95. The fourth-order valence-corrected chi connectivity index (χ4v) is 2.86. The zero-order valence-electron chi connectivity index (χ0n) is 11.2. The SMILES string of the molecule is N#CC1(NC(=O)c2ccc3ccccc3c2)CCCC1. The molecule has 0 radical (unpaired) electrons. The van der Waals surface area contributed by atoms with Gasteiger partial charge < -0.3 is 5.32 Å². The molecule has 2 aromatic carbocycles. The summed E-state index contributed by atoms with van der Waals surface area (Å²) in [6, 6.07) is 15.9. The lowest BCUT2D eigenvalue weighted by molar-refractivity contribution is 0.0921. The van der Waals surface area contributed by atoms with E-state index < -0.39 is 5.54 Å². The van der Waals surface area contributed by atoms with Gasteiger partial charge in [0.1, 0.15) is 5.54 Å². The Morgan fingerprint density at radius 3 is 2.50 bits per heavy atom. The van der Waals surface area contributed by atoms with Crippen molar-refractivity contribution in [3.05, 3.63) is 48.0 Å². The summed E-state index contributed by atoms with van der Waals surface area (Å²) in [6.07, 6.45) is 3.52. The molecule has 3 nitrogen and oxygen atoms in total. The Balaban J connectivity index is 1.87. The van der Waals surface area contributed by atoms with Gasteiger partial charge in [-0.25, -0.2) is 0 Å². The number of nitrogens with one attached hydrogen (secondary N) is 1. The highest BCUT2D eigenvalue weighted by molar-refractivity contribution is 5.99. The highest BCUT2D eigenvalue weighted by Crippen LogP contribution is 2.29. The van der Waals surface area contributed by atoms with Crippen LogP contribution in [-0.2, 0) is 0 Å². The lowest BCUT2D eigenvalue weighted by atomic mass is 9.98. The predicted molar refractivity (Wildman–Crippen MR) is 78.2 cm³/mol. The molecular weight excluding hydrogens is 248 g/mol. The molecule has 1 fully saturated rings. The maximum absolute atomic E-state index is 12.3. The van der Waals surface area contributed by atoms with Crippen LogP contribution in [0.1, 0.15) is 36.0 Å². The second-order valence-corrected chi connectivity index (χ2v) is 5.42. The summed E-state index contributed by atoms with van der Waals surface area (Å²) in [7, 11) is 0. The van der Waals surface area contributed by atoms with E-state index >= 15 is 0 Å². The standard InChI is InChI=1S/C17H16N2O/c18-12-17(9-3-4-10-17)19-16(20)15-8-7-13-5-1-2-6-14(13)11-15/h1-2,5-8,11H,3-4,9-10H2,(H,19,20). The first kappa shape index (κ1) is 12.7. The van der Waals surface area contributed by atoms with Gasteiger partial charge in [0.15, 0.2) is 0 Å². The first-order chi connectivity index (χ1) is 9.72. The van der Waals surface area contributed by atoms with Crippen LogP contribution >= 0.6 is 0 Å². The molecule has 0 spiro atoms. The van der Waals surface area contributed by atoms with Crippen molar-refractivity contribution in [3.8, 4) is 6.07 Å². The largest absolute Gasteiger partial charge is 0.334 e. The summed E-state index contributed by atoms with van der Waals surface area (Å²) < 4.78 is 0. The summed E-state index contributed by atoms with van der Waals surface area (Å²) in [5.41, 5.74) is -0.0480. The van der Waals surface area contributed by atoms with Crippen molar-refractivity contribution >= 4 is 16.7 Å². The van der Waals surface area contributed by atoms with Crippen molar-refractivity contribution in [2.45, 2.75) is 31.2 Å². The molecule has 3 heteroatoms. The Morgan fingerprint density at radius 1 is 1.10 bits per heavy atom. The predicted octanol–water partition coefficient (Wildman–Crippen LogP) is 3.41. The third-order valence-corrected chi connectivity index (χ3v) is 4.04. The van der Waals surface area contributed by atoms with Gasteiger partial charge in [-0.05, 0) is 48.6 Å². The quantitative estimate of drug-likeness (QED) is 0.903. The average molecular weight is 264 g/mol. The third-order valence-electron chi connectivity index (χ3n) is 4.04. The van der Waals surface area contributed by atoms with Gasteiger partial charge in [-0.3, -0.25) is 4.79 Å². The Bertz CT molecular complexity index is 693. The van der Waals surface area contributed by atoms with Crippen molar-refractivity contribution in [3.63, 3.8) is 0 Å². The molecule has 0 bridgehead atoms. The Hall–Kier alpha value is -2.34. The van der Waals surface area contributed by atoms with Crippen LogP contribution in [0.2, 0.25) is 0 Å². The molecular formula is C17H16N2O. The van der Waals surface area contributed by atoms with Crippen LogP contribution in [0.3, 0.4) is 0 Å². The minimum atomic E-state index is -0.664. The van der Waals surface area contributed by atoms with Crippen molar-refractivity contribution in [2.24, 2.45) is 0 Å². The molecule has 3 rings (SSSR count). The molecule has 0 unspecified atom stereocenters. The average Bonchev–Trinajstić information content (AvgIpc) is 2.96.